The van der Waals surface area contributed by atoms with Crippen molar-refractivity contribution >= 4 is 45.1 Å². The van der Waals surface area contributed by atoms with Gasteiger partial charge in [0.25, 0.3) is 5.91 Å². The van der Waals surface area contributed by atoms with Gasteiger partial charge < -0.3 is 21.3 Å². The fourth-order valence-corrected chi connectivity index (χ4v) is 4.60. The van der Waals surface area contributed by atoms with Gasteiger partial charge in [-0.3, -0.25) is 9.20 Å². The number of fused-ring (bicyclic) bond motifs is 1. The first-order valence-corrected chi connectivity index (χ1v) is 11.9. The monoisotopic (exact) mass is 483 g/mol. The molecule has 0 saturated carbocycles. The fraction of sp³-hybridized carbons (Fsp3) is 0.115. The number of amides is 1. The Bertz CT molecular complexity index is 1490. The number of imidazole rings is 1. The normalized spacial score (nSPS) is 11.2. The molecule has 1 amide bonds. The maximum absolute atomic E-state index is 12.5. The first-order valence-electron chi connectivity index (χ1n) is 11.1. The number of nitrogens with one attached hydrogen (secondary N) is 2. The number of hydrogen-bond acceptors (Lipinski definition) is 7. The van der Waals surface area contributed by atoms with Crippen LogP contribution < -0.4 is 16.4 Å². The third-order valence-corrected chi connectivity index (χ3v) is 6.38. The van der Waals surface area contributed by atoms with Gasteiger partial charge in [0, 0.05) is 30.2 Å². The molecule has 0 atom stereocenters. The zero-order valence-corrected chi connectivity index (χ0v) is 20.2. The van der Waals surface area contributed by atoms with E-state index in [4.69, 9.17) is 5.73 Å². The van der Waals surface area contributed by atoms with Gasteiger partial charge in [0.1, 0.15) is 5.65 Å². The molecule has 8 nitrogen and oxygen atoms in total. The highest BCUT2D eigenvalue weighted by Crippen LogP contribution is 2.31. The highest BCUT2D eigenvalue weighted by molar-refractivity contribution is 7.18. The smallest absolute Gasteiger partial charge is 0.255 e. The number of nitrogens with two attached hydrogens (primary N) is 1. The number of pyridine rings is 1. The molecule has 0 fully saturated rings. The summed E-state index contributed by atoms with van der Waals surface area (Å²) in [7, 11) is 4.10. The predicted molar refractivity (Wildman–Crippen MR) is 142 cm³/mol. The lowest BCUT2D eigenvalue weighted by Gasteiger charge is -2.09. The van der Waals surface area contributed by atoms with Crippen LogP contribution in [0.2, 0.25) is 0 Å². The molecule has 0 aliphatic rings. The highest BCUT2D eigenvalue weighted by atomic mass is 32.1. The summed E-state index contributed by atoms with van der Waals surface area (Å²) in [6.07, 6.45) is 5.77. The third kappa shape index (κ3) is 5.01. The van der Waals surface area contributed by atoms with Crippen molar-refractivity contribution in [1.29, 1.82) is 0 Å². The Hall–Kier alpha value is -4.21. The molecule has 2 aromatic carbocycles. The van der Waals surface area contributed by atoms with E-state index in [1.165, 1.54) is 5.56 Å². The van der Waals surface area contributed by atoms with Crippen molar-refractivity contribution in [3.8, 4) is 10.6 Å². The zero-order valence-electron chi connectivity index (χ0n) is 19.4. The Balaban J connectivity index is 1.28. The van der Waals surface area contributed by atoms with Crippen LogP contribution in [0.15, 0.2) is 79.3 Å². The molecule has 9 heteroatoms. The number of nitrogen functional groups attached to an aromatic ring is 1. The van der Waals surface area contributed by atoms with E-state index in [1.54, 1.807) is 35.6 Å². The van der Waals surface area contributed by atoms with Crippen molar-refractivity contribution in [2.24, 2.45) is 0 Å². The molecule has 3 aromatic heterocycles. The van der Waals surface area contributed by atoms with Gasteiger partial charge in [-0.05, 0) is 68.2 Å². The second-order valence-electron chi connectivity index (χ2n) is 8.42. The summed E-state index contributed by atoms with van der Waals surface area (Å²) < 4.78 is 2.07. The Morgan fingerprint density at radius 3 is 2.63 bits per heavy atom. The standard InChI is InChI=1S/C26H25N7OS/c1-32(2)16-17-11-12-33-22(14-28-24(33)13-17)23-15-29-26(35-23)30-19-9-7-18(8-10-19)25(34)31-21-6-4-3-5-20(21)27/h3-15H,16,27H2,1-2H3,(H,29,30)(H,31,34). The van der Waals surface area contributed by atoms with Crippen molar-refractivity contribution in [1.82, 2.24) is 19.3 Å². The molecule has 35 heavy (non-hydrogen) atoms. The third-order valence-electron chi connectivity index (χ3n) is 5.44. The van der Waals surface area contributed by atoms with Crippen molar-refractivity contribution in [3.05, 3.63) is 90.4 Å². The Morgan fingerprint density at radius 1 is 1.06 bits per heavy atom. The van der Waals surface area contributed by atoms with Crippen LogP contribution in [-0.4, -0.2) is 39.3 Å². The van der Waals surface area contributed by atoms with Crippen LogP contribution in [-0.2, 0) is 6.54 Å². The van der Waals surface area contributed by atoms with Gasteiger partial charge in [-0.25, -0.2) is 9.97 Å². The number of hydrogen-bond donors (Lipinski definition) is 3. The van der Waals surface area contributed by atoms with Gasteiger partial charge in [-0.15, -0.1) is 0 Å². The molecule has 0 bridgehead atoms. The molecule has 5 aromatic rings. The largest absolute Gasteiger partial charge is 0.397 e. The van der Waals surface area contributed by atoms with Crippen LogP contribution in [0.1, 0.15) is 15.9 Å². The minimum Gasteiger partial charge on any atom is -0.397 e. The van der Waals surface area contributed by atoms with Crippen molar-refractivity contribution < 1.29 is 4.79 Å². The van der Waals surface area contributed by atoms with Gasteiger partial charge in [0.05, 0.1) is 28.1 Å². The molecule has 0 aliphatic carbocycles. The number of carbonyl (C=O) groups excluding carboxylic acids is 1. The summed E-state index contributed by atoms with van der Waals surface area (Å²) in [5.41, 5.74) is 11.5. The molecule has 3 heterocycles. The molecule has 0 unspecified atom stereocenters. The fourth-order valence-electron chi connectivity index (χ4n) is 3.75. The second-order valence-corrected chi connectivity index (χ2v) is 9.45. The second kappa shape index (κ2) is 9.57. The van der Waals surface area contributed by atoms with Crippen molar-refractivity contribution in [3.63, 3.8) is 0 Å². The molecular formula is C26H25N7OS. The number of carbonyl (C=O) groups is 1. The van der Waals surface area contributed by atoms with E-state index in [0.29, 0.717) is 16.9 Å². The van der Waals surface area contributed by atoms with Crippen molar-refractivity contribution in [2.45, 2.75) is 6.54 Å². The number of aromatic nitrogens is 3. The topological polar surface area (TPSA) is 101 Å². The van der Waals surface area contributed by atoms with E-state index in [9.17, 15) is 4.79 Å². The lowest BCUT2D eigenvalue weighted by Crippen LogP contribution is -2.13. The van der Waals surface area contributed by atoms with Gasteiger partial charge >= 0.3 is 0 Å². The molecular weight excluding hydrogens is 458 g/mol. The zero-order chi connectivity index (χ0) is 24.4. The van der Waals surface area contributed by atoms with Crippen LogP contribution in [0, 0.1) is 0 Å². The number of anilines is 4. The predicted octanol–water partition coefficient (Wildman–Crippen LogP) is 5.10. The molecule has 0 saturated heterocycles. The van der Waals surface area contributed by atoms with E-state index >= 15 is 0 Å². The SMILES string of the molecule is CN(C)Cc1ccn2c(-c3cnc(Nc4ccc(C(=O)Nc5ccccc5N)cc4)s3)cnc2c1. The Labute approximate surface area is 207 Å². The van der Waals surface area contributed by atoms with E-state index in [0.717, 1.165) is 33.6 Å². The number of rotatable bonds is 7. The molecule has 0 radical (unpaired) electrons. The first-order chi connectivity index (χ1) is 17.0. The lowest BCUT2D eigenvalue weighted by molar-refractivity contribution is 0.102. The number of nitrogens with zero attached hydrogens (tertiary/aromatic N) is 4. The van der Waals surface area contributed by atoms with Crippen LogP contribution in [0.5, 0.6) is 0 Å². The van der Waals surface area contributed by atoms with E-state index < -0.39 is 0 Å². The quantitative estimate of drug-likeness (QED) is 0.279. The minimum atomic E-state index is -0.215. The first kappa shape index (κ1) is 22.6. The van der Waals surface area contributed by atoms with Gasteiger partial charge in [0.2, 0.25) is 0 Å². The number of thiazole rings is 1. The van der Waals surface area contributed by atoms with Crippen LogP contribution in [0.4, 0.5) is 22.2 Å². The van der Waals surface area contributed by atoms with Crippen LogP contribution in [0.3, 0.4) is 0 Å². The number of benzene rings is 2. The summed E-state index contributed by atoms with van der Waals surface area (Å²) in [5, 5.41) is 6.90. The summed E-state index contributed by atoms with van der Waals surface area (Å²) in [4.78, 5) is 24.8. The Kier molecular flexibility index (Phi) is 6.17. The van der Waals surface area contributed by atoms with Crippen molar-refractivity contribution in [2.75, 3.05) is 30.5 Å². The van der Waals surface area contributed by atoms with Crippen LogP contribution in [0.25, 0.3) is 16.2 Å². The summed E-state index contributed by atoms with van der Waals surface area (Å²) >= 11 is 1.54. The molecule has 0 spiro atoms. The van der Waals surface area contributed by atoms with Gasteiger partial charge in [-0.1, -0.05) is 23.5 Å². The van der Waals surface area contributed by atoms with E-state index in [1.807, 2.05) is 36.7 Å². The lowest BCUT2D eigenvalue weighted by atomic mass is 10.2. The van der Waals surface area contributed by atoms with E-state index in [-0.39, 0.29) is 5.91 Å². The van der Waals surface area contributed by atoms with E-state index in [2.05, 4.69) is 62.3 Å². The van der Waals surface area contributed by atoms with Gasteiger partial charge in [-0.2, -0.15) is 0 Å². The average Bonchev–Trinajstić information content (AvgIpc) is 3.47. The summed E-state index contributed by atoms with van der Waals surface area (Å²) in [6, 6.07) is 18.6. The highest BCUT2D eigenvalue weighted by Gasteiger charge is 2.12. The van der Waals surface area contributed by atoms with Gasteiger partial charge in [0.15, 0.2) is 5.13 Å². The van der Waals surface area contributed by atoms with Crippen LogP contribution >= 0.6 is 11.3 Å². The molecule has 5 rings (SSSR count). The summed E-state index contributed by atoms with van der Waals surface area (Å²) in [5.74, 6) is -0.215. The molecule has 176 valence electrons. The average molecular weight is 484 g/mol. The Morgan fingerprint density at radius 2 is 1.86 bits per heavy atom. The maximum atomic E-state index is 12.5. The minimum absolute atomic E-state index is 0.215. The molecule has 0 aliphatic heterocycles. The summed E-state index contributed by atoms with van der Waals surface area (Å²) in [6.45, 7) is 0.869. The number of para-hydroxylation sites is 2. The molecule has 4 N–H and O–H groups in total. The maximum Gasteiger partial charge on any atom is 0.255 e.